The van der Waals surface area contributed by atoms with Crippen LogP contribution in [-0.2, 0) is 7.05 Å². The van der Waals surface area contributed by atoms with E-state index in [4.69, 9.17) is 0 Å². The molecule has 2 rings (SSSR count). The first-order valence-electron chi connectivity index (χ1n) is 5.15. The lowest BCUT2D eigenvalue weighted by Gasteiger charge is -2.21. The third-order valence-electron chi connectivity index (χ3n) is 2.71. The molecule has 0 aromatic carbocycles. The number of anilines is 1. The van der Waals surface area contributed by atoms with Crippen LogP contribution in [0.5, 0.6) is 0 Å². The lowest BCUT2D eigenvalue weighted by Crippen LogP contribution is -2.20. The van der Waals surface area contributed by atoms with Gasteiger partial charge in [-0.15, -0.1) is 0 Å². The Bertz CT molecular complexity index is 279. The number of hydrogen-bond donors (Lipinski definition) is 1. The molecule has 14 heavy (non-hydrogen) atoms. The summed E-state index contributed by atoms with van der Waals surface area (Å²) in [5.41, 5.74) is 0. The van der Waals surface area contributed by atoms with Gasteiger partial charge in [-0.3, -0.25) is 0 Å². The van der Waals surface area contributed by atoms with Gasteiger partial charge in [-0.1, -0.05) is 0 Å². The molecule has 78 valence electrons. The van der Waals surface area contributed by atoms with Gasteiger partial charge in [0.15, 0.2) is 0 Å². The predicted octanol–water partition coefficient (Wildman–Crippen LogP) is 1.98. The van der Waals surface area contributed by atoms with Gasteiger partial charge < -0.3 is 9.88 Å². The van der Waals surface area contributed by atoms with Crippen molar-refractivity contribution in [2.24, 2.45) is 13.0 Å². The summed E-state index contributed by atoms with van der Waals surface area (Å²) in [5.74, 6) is 4.48. The Morgan fingerprint density at radius 1 is 1.57 bits per heavy atom. The summed E-state index contributed by atoms with van der Waals surface area (Å²) < 4.78 is 2.03. The second-order valence-corrected chi connectivity index (χ2v) is 5.02. The van der Waals surface area contributed by atoms with E-state index in [9.17, 15) is 0 Å². The molecule has 2 heterocycles. The molecule has 1 aromatic rings. The summed E-state index contributed by atoms with van der Waals surface area (Å²) in [5, 5.41) is 3.41. The number of nitrogens with zero attached hydrogens (tertiary/aromatic N) is 2. The molecule has 1 aromatic heterocycles. The van der Waals surface area contributed by atoms with Crippen LogP contribution in [0, 0.1) is 5.92 Å². The number of thioether (sulfide) groups is 1. The molecule has 0 spiro atoms. The Balaban J connectivity index is 1.79. The Labute approximate surface area is 89.3 Å². The van der Waals surface area contributed by atoms with Gasteiger partial charge in [0.2, 0.25) is 5.95 Å². The molecule has 0 amide bonds. The van der Waals surface area contributed by atoms with Crippen LogP contribution in [0.1, 0.15) is 12.8 Å². The zero-order valence-electron chi connectivity index (χ0n) is 8.57. The van der Waals surface area contributed by atoms with E-state index < -0.39 is 0 Å². The van der Waals surface area contributed by atoms with Gasteiger partial charge in [-0.25, -0.2) is 4.98 Å². The fraction of sp³-hybridized carbons (Fsp3) is 0.700. The minimum Gasteiger partial charge on any atom is -0.355 e. The molecule has 0 atom stereocenters. The summed E-state index contributed by atoms with van der Waals surface area (Å²) >= 11 is 2.08. The van der Waals surface area contributed by atoms with Crippen molar-refractivity contribution in [3.8, 4) is 0 Å². The predicted molar refractivity (Wildman–Crippen MR) is 61.7 cm³/mol. The number of rotatable bonds is 3. The maximum absolute atomic E-state index is 4.25. The average molecular weight is 211 g/mol. The maximum atomic E-state index is 4.25. The number of hydrogen-bond acceptors (Lipinski definition) is 3. The van der Waals surface area contributed by atoms with Crippen LogP contribution in [0.2, 0.25) is 0 Å². The number of nitrogens with one attached hydrogen (secondary N) is 1. The zero-order valence-corrected chi connectivity index (χ0v) is 9.39. The van der Waals surface area contributed by atoms with Gasteiger partial charge in [0.1, 0.15) is 0 Å². The molecule has 1 fully saturated rings. The molecule has 0 bridgehead atoms. The Kier molecular flexibility index (Phi) is 3.35. The molecule has 1 aliphatic rings. The van der Waals surface area contributed by atoms with Gasteiger partial charge in [-0.2, -0.15) is 11.8 Å². The van der Waals surface area contributed by atoms with Crippen LogP contribution in [0.15, 0.2) is 12.4 Å². The minimum absolute atomic E-state index is 0.841. The highest BCUT2D eigenvalue weighted by Crippen LogP contribution is 2.22. The monoisotopic (exact) mass is 211 g/mol. The van der Waals surface area contributed by atoms with Crippen molar-refractivity contribution in [1.82, 2.24) is 9.55 Å². The Morgan fingerprint density at radius 3 is 3.00 bits per heavy atom. The quantitative estimate of drug-likeness (QED) is 0.829. The molecule has 0 saturated carbocycles. The van der Waals surface area contributed by atoms with Crippen molar-refractivity contribution < 1.29 is 0 Å². The largest absolute Gasteiger partial charge is 0.355 e. The fourth-order valence-electron chi connectivity index (χ4n) is 1.72. The van der Waals surface area contributed by atoms with Crippen molar-refractivity contribution in [2.45, 2.75) is 12.8 Å². The normalized spacial score (nSPS) is 18.4. The van der Waals surface area contributed by atoms with E-state index in [1.165, 1.54) is 24.3 Å². The number of aryl methyl sites for hydroxylation is 1. The summed E-state index contributed by atoms with van der Waals surface area (Å²) in [6.07, 6.45) is 6.50. The first-order chi connectivity index (χ1) is 6.86. The van der Waals surface area contributed by atoms with Crippen molar-refractivity contribution >= 4 is 17.7 Å². The number of imidazole rings is 1. The van der Waals surface area contributed by atoms with Crippen molar-refractivity contribution in [3.05, 3.63) is 12.4 Å². The van der Waals surface area contributed by atoms with Crippen LogP contribution in [0.25, 0.3) is 0 Å². The van der Waals surface area contributed by atoms with Crippen LogP contribution < -0.4 is 5.32 Å². The lowest BCUT2D eigenvalue weighted by atomic mass is 10.0. The molecular weight excluding hydrogens is 194 g/mol. The van der Waals surface area contributed by atoms with Gasteiger partial charge in [-0.05, 0) is 30.3 Å². The molecule has 0 aliphatic carbocycles. The molecule has 0 unspecified atom stereocenters. The van der Waals surface area contributed by atoms with Crippen molar-refractivity contribution in [2.75, 3.05) is 23.4 Å². The SMILES string of the molecule is Cn1ccnc1NCC1CCSCC1. The van der Waals surface area contributed by atoms with E-state index >= 15 is 0 Å². The molecule has 1 N–H and O–H groups in total. The van der Waals surface area contributed by atoms with Gasteiger partial charge in [0, 0.05) is 26.0 Å². The van der Waals surface area contributed by atoms with Gasteiger partial charge >= 0.3 is 0 Å². The van der Waals surface area contributed by atoms with E-state index in [0.29, 0.717) is 0 Å². The summed E-state index contributed by atoms with van der Waals surface area (Å²) in [6, 6.07) is 0. The number of aromatic nitrogens is 2. The highest BCUT2D eigenvalue weighted by molar-refractivity contribution is 7.99. The zero-order chi connectivity index (χ0) is 9.80. The van der Waals surface area contributed by atoms with Crippen LogP contribution in [-0.4, -0.2) is 27.6 Å². The second-order valence-electron chi connectivity index (χ2n) is 3.80. The highest BCUT2D eigenvalue weighted by Gasteiger charge is 2.13. The molecule has 1 saturated heterocycles. The van der Waals surface area contributed by atoms with E-state index in [2.05, 4.69) is 22.1 Å². The van der Waals surface area contributed by atoms with Gasteiger partial charge in [0.05, 0.1) is 0 Å². The first-order valence-corrected chi connectivity index (χ1v) is 6.30. The lowest BCUT2D eigenvalue weighted by molar-refractivity contribution is 0.514. The third kappa shape index (κ3) is 2.44. The average Bonchev–Trinajstić information content (AvgIpc) is 2.63. The third-order valence-corrected chi connectivity index (χ3v) is 3.76. The van der Waals surface area contributed by atoms with Gasteiger partial charge in [0.25, 0.3) is 0 Å². The highest BCUT2D eigenvalue weighted by atomic mass is 32.2. The molecule has 4 heteroatoms. The molecule has 3 nitrogen and oxygen atoms in total. The molecule has 0 radical (unpaired) electrons. The van der Waals surface area contributed by atoms with Crippen LogP contribution in [0.4, 0.5) is 5.95 Å². The van der Waals surface area contributed by atoms with Crippen LogP contribution in [0.3, 0.4) is 0 Å². The van der Waals surface area contributed by atoms with E-state index in [1.54, 1.807) is 0 Å². The maximum Gasteiger partial charge on any atom is 0.202 e. The molecular formula is C10H17N3S. The Morgan fingerprint density at radius 2 is 2.36 bits per heavy atom. The first kappa shape index (κ1) is 9.90. The summed E-state index contributed by atoms with van der Waals surface area (Å²) in [4.78, 5) is 4.25. The fourth-order valence-corrected chi connectivity index (χ4v) is 2.93. The summed E-state index contributed by atoms with van der Waals surface area (Å²) in [7, 11) is 2.02. The summed E-state index contributed by atoms with van der Waals surface area (Å²) in [6.45, 7) is 1.07. The van der Waals surface area contributed by atoms with Crippen LogP contribution >= 0.6 is 11.8 Å². The van der Waals surface area contributed by atoms with E-state index in [-0.39, 0.29) is 0 Å². The Hall–Kier alpha value is -0.640. The molecule has 1 aliphatic heterocycles. The van der Waals surface area contributed by atoms with E-state index in [1.807, 2.05) is 24.0 Å². The topological polar surface area (TPSA) is 29.9 Å². The second kappa shape index (κ2) is 4.73. The van der Waals surface area contributed by atoms with Crippen molar-refractivity contribution in [3.63, 3.8) is 0 Å². The van der Waals surface area contributed by atoms with E-state index in [0.717, 1.165) is 18.4 Å². The standard InChI is InChI=1S/C10H17N3S/c1-13-5-4-11-10(13)12-8-9-2-6-14-7-3-9/h4-5,9H,2-3,6-8H2,1H3,(H,11,12). The van der Waals surface area contributed by atoms with Crippen molar-refractivity contribution in [1.29, 1.82) is 0 Å². The minimum atomic E-state index is 0.841. The smallest absolute Gasteiger partial charge is 0.202 e.